The van der Waals surface area contributed by atoms with E-state index in [1.54, 1.807) is 36.4 Å². The largest absolute Gasteiger partial charge is 0.465 e. The third-order valence-electron chi connectivity index (χ3n) is 6.47. The summed E-state index contributed by atoms with van der Waals surface area (Å²) >= 11 is 0. The van der Waals surface area contributed by atoms with Crippen LogP contribution in [0.2, 0.25) is 0 Å². The Hall–Kier alpha value is -5.42. The van der Waals surface area contributed by atoms with Gasteiger partial charge in [0.25, 0.3) is 5.91 Å². The average molecular weight is 603 g/mol. The Bertz CT molecular complexity index is 1500. The highest BCUT2D eigenvalue weighted by Gasteiger charge is 2.17. The lowest BCUT2D eigenvalue weighted by atomic mass is 10.1. The number of hydrogen-bond donors (Lipinski definition) is 2. The van der Waals surface area contributed by atoms with Gasteiger partial charge in [-0.2, -0.15) is 0 Å². The normalized spacial score (nSPS) is 10.1. The van der Waals surface area contributed by atoms with E-state index in [0.717, 1.165) is 12.1 Å². The number of nitrogens with one attached hydrogen (secondary N) is 1. The fourth-order valence-electron chi connectivity index (χ4n) is 4.15. The minimum absolute atomic E-state index is 0.0791. The van der Waals surface area contributed by atoms with Crippen LogP contribution in [0.4, 0.5) is 20.2 Å². The number of carbonyl (C=O) groups excluding carboxylic acids is 4. The zero-order valence-corrected chi connectivity index (χ0v) is 24.4. The maximum Gasteiger partial charge on any atom is 0.337 e. The van der Waals surface area contributed by atoms with Crippen LogP contribution in [0.25, 0.3) is 0 Å². The summed E-state index contributed by atoms with van der Waals surface area (Å²) in [5.41, 5.74) is 4.21. The lowest BCUT2D eigenvalue weighted by Gasteiger charge is -2.21. The van der Waals surface area contributed by atoms with Gasteiger partial charge in [0, 0.05) is 41.9 Å². The second-order valence-electron chi connectivity index (χ2n) is 9.46. The molecule has 0 spiro atoms. The SMILES string of the molecule is CC(=O)N(Cc1ccc(C(=O)NN)cc1F)c1ccccc1.COC(=O)c1ccc(CN(C(C)=O)c2ccccc2)c(F)c1. The molecular weight excluding hydrogens is 570 g/mol. The molecule has 4 aromatic carbocycles. The summed E-state index contributed by atoms with van der Waals surface area (Å²) in [6, 6.07) is 26.1. The number of anilines is 2. The van der Waals surface area contributed by atoms with E-state index in [2.05, 4.69) is 4.74 Å². The lowest BCUT2D eigenvalue weighted by molar-refractivity contribution is -0.117. The summed E-state index contributed by atoms with van der Waals surface area (Å²) < 4.78 is 32.8. The number of nitrogens with zero attached hydrogens (tertiary/aromatic N) is 2. The molecule has 0 fully saturated rings. The van der Waals surface area contributed by atoms with E-state index in [-0.39, 0.29) is 36.0 Å². The number of nitrogens with two attached hydrogens (primary N) is 1. The van der Waals surface area contributed by atoms with Crippen LogP contribution in [0.15, 0.2) is 97.1 Å². The number of carbonyl (C=O) groups is 4. The molecule has 0 aliphatic rings. The Morgan fingerprint density at radius 2 is 1.09 bits per heavy atom. The number of amides is 3. The molecular formula is C33H32F2N4O5. The van der Waals surface area contributed by atoms with Crippen LogP contribution in [0.3, 0.4) is 0 Å². The molecule has 0 bridgehead atoms. The van der Waals surface area contributed by atoms with Gasteiger partial charge in [0.15, 0.2) is 0 Å². The van der Waals surface area contributed by atoms with Gasteiger partial charge in [-0.15, -0.1) is 0 Å². The second-order valence-corrected chi connectivity index (χ2v) is 9.46. The average Bonchev–Trinajstić information content (AvgIpc) is 3.03. The zero-order chi connectivity index (χ0) is 32.2. The van der Waals surface area contributed by atoms with E-state index >= 15 is 0 Å². The molecule has 4 aromatic rings. The van der Waals surface area contributed by atoms with E-state index in [0.29, 0.717) is 22.5 Å². The van der Waals surface area contributed by atoms with Crippen LogP contribution in [-0.2, 0) is 27.4 Å². The maximum absolute atomic E-state index is 14.1. The quantitative estimate of drug-likeness (QED) is 0.125. The van der Waals surface area contributed by atoms with Crippen molar-refractivity contribution in [3.05, 3.63) is 131 Å². The molecule has 3 N–H and O–H groups in total. The van der Waals surface area contributed by atoms with Crippen molar-refractivity contribution in [1.29, 1.82) is 0 Å². The van der Waals surface area contributed by atoms with Gasteiger partial charge in [0.05, 0.1) is 25.8 Å². The van der Waals surface area contributed by atoms with Crippen molar-refractivity contribution in [2.75, 3.05) is 16.9 Å². The zero-order valence-electron chi connectivity index (χ0n) is 24.4. The van der Waals surface area contributed by atoms with Crippen molar-refractivity contribution < 1.29 is 32.7 Å². The monoisotopic (exact) mass is 602 g/mol. The second kappa shape index (κ2) is 15.7. The summed E-state index contributed by atoms with van der Waals surface area (Å²) in [5.74, 6) is 2.33. The number of rotatable bonds is 8. The number of benzene rings is 4. The summed E-state index contributed by atoms with van der Waals surface area (Å²) in [5, 5.41) is 0. The predicted molar refractivity (Wildman–Crippen MR) is 162 cm³/mol. The fourth-order valence-corrected chi connectivity index (χ4v) is 4.15. The molecule has 0 aliphatic heterocycles. The van der Waals surface area contributed by atoms with Gasteiger partial charge in [-0.25, -0.2) is 19.4 Å². The van der Waals surface area contributed by atoms with E-state index in [9.17, 15) is 28.0 Å². The minimum Gasteiger partial charge on any atom is -0.465 e. The van der Waals surface area contributed by atoms with Crippen molar-refractivity contribution in [2.45, 2.75) is 26.9 Å². The van der Waals surface area contributed by atoms with Crippen molar-refractivity contribution in [2.24, 2.45) is 5.84 Å². The first-order valence-corrected chi connectivity index (χ1v) is 13.4. The van der Waals surface area contributed by atoms with Gasteiger partial charge >= 0.3 is 5.97 Å². The van der Waals surface area contributed by atoms with Crippen LogP contribution < -0.4 is 21.1 Å². The topological polar surface area (TPSA) is 122 Å². The van der Waals surface area contributed by atoms with Gasteiger partial charge in [0.1, 0.15) is 11.6 Å². The highest BCUT2D eigenvalue weighted by atomic mass is 19.1. The highest BCUT2D eigenvalue weighted by Crippen LogP contribution is 2.21. The minimum atomic E-state index is -0.600. The van der Waals surface area contributed by atoms with Gasteiger partial charge in [-0.05, 0) is 48.5 Å². The Labute approximate surface area is 253 Å². The Kier molecular flexibility index (Phi) is 11.8. The molecule has 0 saturated heterocycles. The smallest absolute Gasteiger partial charge is 0.337 e. The van der Waals surface area contributed by atoms with Crippen molar-refractivity contribution >= 4 is 35.1 Å². The number of nitrogen functional groups attached to an aromatic ring is 1. The number of hydrogen-bond acceptors (Lipinski definition) is 6. The summed E-state index contributed by atoms with van der Waals surface area (Å²) in [4.78, 5) is 49.3. The van der Waals surface area contributed by atoms with Crippen LogP contribution in [0, 0.1) is 11.6 Å². The number of methoxy groups -OCH3 is 1. The van der Waals surface area contributed by atoms with Crippen LogP contribution in [0.5, 0.6) is 0 Å². The standard InChI is InChI=1S/C17H16FNO3.C16H16FN3O2/c1-12(20)19(15-6-4-3-5-7-15)11-14-9-8-13(10-16(14)18)17(21)22-2;1-11(21)20(14-5-3-2-4-6-14)10-13-8-7-12(9-15(13)17)16(22)19-18/h3-10H,11H2,1-2H3;2-9H,10,18H2,1H3,(H,19,22). The molecule has 228 valence electrons. The molecule has 0 atom stereocenters. The van der Waals surface area contributed by atoms with Crippen molar-refractivity contribution in [3.63, 3.8) is 0 Å². The first-order chi connectivity index (χ1) is 21.0. The third kappa shape index (κ3) is 8.79. The van der Waals surface area contributed by atoms with E-state index in [4.69, 9.17) is 5.84 Å². The van der Waals surface area contributed by atoms with Gasteiger partial charge in [0.2, 0.25) is 11.8 Å². The molecule has 0 saturated carbocycles. The van der Waals surface area contributed by atoms with E-state index in [1.165, 1.54) is 55.0 Å². The number of esters is 1. The van der Waals surface area contributed by atoms with Gasteiger partial charge in [-0.1, -0.05) is 48.5 Å². The molecule has 4 rings (SSSR count). The predicted octanol–water partition coefficient (Wildman–Crippen LogP) is 5.15. The molecule has 11 heteroatoms. The highest BCUT2D eigenvalue weighted by molar-refractivity contribution is 5.94. The molecule has 0 aliphatic carbocycles. The van der Waals surface area contributed by atoms with Gasteiger partial charge < -0.3 is 14.5 Å². The van der Waals surface area contributed by atoms with Crippen LogP contribution in [-0.4, -0.2) is 30.8 Å². The molecule has 0 heterocycles. The first kappa shape index (κ1) is 33.1. The molecule has 0 aromatic heterocycles. The van der Waals surface area contributed by atoms with E-state index < -0.39 is 23.5 Å². The molecule has 44 heavy (non-hydrogen) atoms. The molecule has 0 unspecified atom stereocenters. The third-order valence-corrected chi connectivity index (χ3v) is 6.47. The van der Waals surface area contributed by atoms with E-state index in [1.807, 2.05) is 29.7 Å². The van der Waals surface area contributed by atoms with Crippen molar-refractivity contribution in [1.82, 2.24) is 5.43 Å². The maximum atomic E-state index is 14.1. The molecule has 0 radical (unpaired) electrons. The van der Waals surface area contributed by atoms with Gasteiger partial charge in [-0.3, -0.25) is 19.8 Å². The Morgan fingerprint density at radius 1 is 0.682 bits per heavy atom. The summed E-state index contributed by atoms with van der Waals surface area (Å²) in [7, 11) is 1.24. The number of para-hydroxylation sites is 2. The number of hydrazine groups is 1. The summed E-state index contributed by atoms with van der Waals surface area (Å²) in [6.45, 7) is 3.01. The number of halogens is 2. The lowest BCUT2D eigenvalue weighted by Crippen LogP contribution is -2.30. The summed E-state index contributed by atoms with van der Waals surface area (Å²) in [6.07, 6.45) is 0. The number of ether oxygens (including phenoxy) is 1. The Morgan fingerprint density at radius 3 is 1.45 bits per heavy atom. The Balaban J connectivity index is 0.000000240. The molecule has 3 amide bonds. The molecule has 9 nitrogen and oxygen atoms in total. The van der Waals surface area contributed by atoms with Crippen molar-refractivity contribution in [3.8, 4) is 0 Å². The fraction of sp³-hybridized carbons (Fsp3) is 0.152. The van der Waals surface area contributed by atoms with Crippen LogP contribution >= 0.6 is 0 Å². The van der Waals surface area contributed by atoms with Crippen LogP contribution in [0.1, 0.15) is 45.7 Å². The first-order valence-electron chi connectivity index (χ1n) is 13.4.